The van der Waals surface area contributed by atoms with Crippen molar-refractivity contribution in [2.45, 2.75) is 32.4 Å². The van der Waals surface area contributed by atoms with Crippen LogP contribution in [-0.4, -0.2) is 18.5 Å². The lowest BCUT2D eigenvalue weighted by Crippen LogP contribution is -2.31. The first-order valence-corrected chi connectivity index (χ1v) is 9.65. The number of halogens is 2. The number of nitrogens with zero attached hydrogens (tertiary/aromatic N) is 1. The van der Waals surface area contributed by atoms with Crippen LogP contribution in [0.25, 0.3) is 0 Å². The average Bonchev–Trinajstić information content (AvgIpc) is 3.28. The van der Waals surface area contributed by atoms with Crippen molar-refractivity contribution in [3.63, 3.8) is 0 Å². The number of carbonyl (C=O) groups is 1. The first-order valence-electron chi connectivity index (χ1n) is 9.65. The van der Waals surface area contributed by atoms with Gasteiger partial charge in [-0.25, -0.2) is 0 Å². The molecular weight excluding hydrogens is 421 g/mol. The third kappa shape index (κ3) is 5.10. The van der Waals surface area contributed by atoms with Gasteiger partial charge in [-0.05, 0) is 55.2 Å². The van der Waals surface area contributed by atoms with Crippen LogP contribution in [0.15, 0.2) is 65.3 Å². The third-order valence-electron chi connectivity index (χ3n) is 5.33. The minimum Gasteiger partial charge on any atom is -0.467 e. The number of nitrogen functional groups attached to an aromatic ring is 1. The molecule has 1 amide bonds. The molecule has 0 saturated heterocycles. The molecule has 5 nitrogen and oxygen atoms in total. The molecule has 1 aromatic heterocycles. The van der Waals surface area contributed by atoms with E-state index in [1.54, 1.807) is 12.3 Å². The van der Waals surface area contributed by atoms with Gasteiger partial charge >= 0.3 is 0 Å². The van der Waals surface area contributed by atoms with Crippen LogP contribution in [0.3, 0.4) is 0 Å². The summed E-state index contributed by atoms with van der Waals surface area (Å²) in [6, 6.07) is 18.3. The Kier molecular flexibility index (Phi) is 8.21. The second kappa shape index (κ2) is 10.4. The zero-order chi connectivity index (χ0) is 19.5. The van der Waals surface area contributed by atoms with Crippen molar-refractivity contribution in [2.75, 3.05) is 17.2 Å². The quantitative estimate of drug-likeness (QED) is 0.540. The lowest BCUT2D eigenvalue weighted by molar-refractivity contribution is 0.0952. The molecule has 0 saturated carbocycles. The predicted octanol–water partition coefficient (Wildman–Crippen LogP) is 4.63. The molecule has 4 rings (SSSR count). The number of hydrogen-bond acceptors (Lipinski definition) is 4. The Morgan fingerprint density at radius 1 is 1.13 bits per heavy atom. The van der Waals surface area contributed by atoms with Gasteiger partial charge in [0, 0.05) is 24.0 Å². The van der Waals surface area contributed by atoms with E-state index < -0.39 is 0 Å². The lowest BCUT2D eigenvalue weighted by Gasteiger charge is -2.24. The molecule has 0 aliphatic carbocycles. The van der Waals surface area contributed by atoms with Crippen LogP contribution in [0.4, 0.5) is 11.4 Å². The third-order valence-corrected chi connectivity index (χ3v) is 5.33. The van der Waals surface area contributed by atoms with Gasteiger partial charge in [0.1, 0.15) is 5.76 Å². The van der Waals surface area contributed by atoms with Crippen LogP contribution < -0.4 is 16.0 Å². The Morgan fingerprint density at radius 3 is 2.63 bits per heavy atom. The van der Waals surface area contributed by atoms with Gasteiger partial charge in [0.15, 0.2) is 0 Å². The van der Waals surface area contributed by atoms with E-state index in [1.165, 1.54) is 11.3 Å². The minimum absolute atomic E-state index is 0. The van der Waals surface area contributed by atoms with E-state index in [1.807, 2.05) is 24.3 Å². The van der Waals surface area contributed by atoms with Crippen LogP contribution >= 0.6 is 24.8 Å². The zero-order valence-electron chi connectivity index (χ0n) is 16.8. The van der Waals surface area contributed by atoms with Crippen molar-refractivity contribution in [1.82, 2.24) is 5.32 Å². The van der Waals surface area contributed by atoms with E-state index in [9.17, 15) is 4.79 Å². The molecule has 3 aromatic rings. The van der Waals surface area contributed by atoms with E-state index in [-0.39, 0.29) is 30.7 Å². The monoisotopic (exact) mass is 447 g/mol. The van der Waals surface area contributed by atoms with Crippen molar-refractivity contribution in [2.24, 2.45) is 0 Å². The molecule has 3 N–H and O–H groups in total. The number of nitrogens with two attached hydrogens (primary N) is 1. The van der Waals surface area contributed by atoms with E-state index in [2.05, 4.69) is 41.4 Å². The van der Waals surface area contributed by atoms with Crippen LogP contribution in [-0.2, 0) is 19.4 Å². The summed E-state index contributed by atoms with van der Waals surface area (Å²) in [5.41, 5.74) is 10.8. The highest BCUT2D eigenvalue weighted by Gasteiger charge is 2.27. The van der Waals surface area contributed by atoms with Gasteiger partial charge in [-0.15, -0.1) is 24.8 Å². The molecule has 160 valence electrons. The van der Waals surface area contributed by atoms with Gasteiger partial charge in [0.05, 0.1) is 18.4 Å². The number of para-hydroxylation sites is 1. The minimum atomic E-state index is -0.0978. The van der Waals surface area contributed by atoms with Gasteiger partial charge in [-0.1, -0.05) is 30.3 Å². The molecule has 1 unspecified atom stereocenters. The van der Waals surface area contributed by atoms with Crippen molar-refractivity contribution < 1.29 is 9.21 Å². The zero-order valence-corrected chi connectivity index (χ0v) is 18.5. The molecular formula is C23H27Cl2N3O2. The van der Waals surface area contributed by atoms with E-state index in [4.69, 9.17) is 10.2 Å². The summed E-state index contributed by atoms with van der Waals surface area (Å²) in [5.74, 6) is 0.605. The number of hydrogen-bond donors (Lipinski definition) is 2. The number of amides is 1. The van der Waals surface area contributed by atoms with E-state index >= 15 is 0 Å². The maximum atomic E-state index is 12.7. The van der Waals surface area contributed by atoms with Crippen molar-refractivity contribution in [3.05, 3.63) is 83.3 Å². The largest absolute Gasteiger partial charge is 0.467 e. The van der Waals surface area contributed by atoms with Crippen LogP contribution in [0.1, 0.15) is 34.2 Å². The molecule has 7 heteroatoms. The standard InChI is InChI=1S/C23H25N3O2.2ClH/c1-16-14-18-4-2-3-5-21(18)26(16)15-22-20(11-13-28-22)23(27)25-12-10-17-6-8-19(24)9-7-17;;/h2-9,11,13,16H,10,12,14-15,24H2,1H3,(H,25,27);2*1H. The Labute approximate surface area is 189 Å². The Morgan fingerprint density at radius 2 is 1.87 bits per heavy atom. The lowest BCUT2D eigenvalue weighted by atomic mass is 10.1. The summed E-state index contributed by atoms with van der Waals surface area (Å²) in [6.45, 7) is 3.36. The molecule has 1 aliphatic rings. The molecule has 1 atom stereocenters. The fourth-order valence-electron chi connectivity index (χ4n) is 3.79. The number of furan rings is 1. The first kappa shape index (κ1) is 23.6. The van der Waals surface area contributed by atoms with Crippen LogP contribution in [0.5, 0.6) is 0 Å². The molecule has 0 radical (unpaired) electrons. The van der Waals surface area contributed by atoms with E-state index in [0.29, 0.717) is 30.5 Å². The normalized spacial score (nSPS) is 14.4. The molecule has 0 spiro atoms. The van der Waals surface area contributed by atoms with Gasteiger partial charge in [0.25, 0.3) is 5.91 Å². The van der Waals surface area contributed by atoms with Gasteiger partial charge in [0.2, 0.25) is 0 Å². The number of benzene rings is 2. The number of rotatable bonds is 6. The van der Waals surface area contributed by atoms with Crippen LogP contribution in [0, 0.1) is 0 Å². The molecule has 1 aliphatic heterocycles. The van der Waals surface area contributed by atoms with Crippen LogP contribution in [0.2, 0.25) is 0 Å². The number of anilines is 2. The Bertz CT molecular complexity index is 973. The summed E-state index contributed by atoms with van der Waals surface area (Å²) >= 11 is 0. The van der Waals surface area contributed by atoms with Crippen molar-refractivity contribution in [3.8, 4) is 0 Å². The molecule has 0 bridgehead atoms. The maximum absolute atomic E-state index is 12.7. The van der Waals surface area contributed by atoms with Crippen molar-refractivity contribution >= 4 is 42.1 Å². The SMILES string of the molecule is CC1Cc2ccccc2N1Cc1occc1C(=O)NCCc1ccc(N)cc1.Cl.Cl. The number of nitrogens with one attached hydrogen (secondary N) is 1. The summed E-state index contributed by atoms with van der Waals surface area (Å²) < 4.78 is 5.67. The average molecular weight is 448 g/mol. The topological polar surface area (TPSA) is 71.5 Å². The van der Waals surface area contributed by atoms with E-state index in [0.717, 1.165) is 24.1 Å². The fraction of sp³-hybridized carbons (Fsp3) is 0.261. The Hall–Kier alpha value is -2.63. The summed E-state index contributed by atoms with van der Waals surface area (Å²) in [5, 5.41) is 3.00. The highest BCUT2D eigenvalue weighted by molar-refractivity contribution is 5.95. The summed E-state index contributed by atoms with van der Waals surface area (Å²) in [7, 11) is 0. The van der Waals surface area contributed by atoms with Gasteiger partial charge in [-0.2, -0.15) is 0 Å². The number of carbonyl (C=O) groups excluding carboxylic acids is 1. The maximum Gasteiger partial charge on any atom is 0.254 e. The first-order chi connectivity index (χ1) is 13.6. The molecule has 2 aromatic carbocycles. The summed E-state index contributed by atoms with van der Waals surface area (Å²) in [6.07, 6.45) is 3.37. The Balaban J connectivity index is 0.00000160. The predicted molar refractivity (Wildman–Crippen MR) is 126 cm³/mol. The summed E-state index contributed by atoms with van der Waals surface area (Å²) in [4.78, 5) is 15.0. The molecule has 0 fully saturated rings. The molecule has 2 heterocycles. The smallest absolute Gasteiger partial charge is 0.254 e. The highest BCUT2D eigenvalue weighted by atomic mass is 35.5. The fourth-order valence-corrected chi connectivity index (χ4v) is 3.79. The highest BCUT2D eigenvalue weighted by Crippen LogP contribution is 2.33. The number of fused-ring (bicyclic) bond motifs is 1. The van der Waals surface area contributed by atoms with Gasteiger partial charge in [-0.3, -0.25) is 4.79 Å². The second-order valence-electron chi connectivity index (χ2n) is 7.31. The molecule has 30 heavy (non-hydrogen) atoms. The second-order valence-corrected chi connectivity index (χ2v) is 7.31. The van der Waals surface area contributed by atoms with Gasteiger partial charge < -0.3 is 20.4 Å². The van der Waals surface area contributed by atoms with Crippen molar-refractivity contribution in [1.29, 1.82) is 0 Å².